The van der Waals surface area contributed by atoms with E-state index in [0.717, 1.165) is 10.5 Å². The van der Waals surface area contributed by atoms with Crippen LogP contribution in [0, 0.1) is 10.1 Å². The van der Waals surface area contributed by atoms with Crippen LogP contribution in [0.4, 0.5) is 11.4 Å². The highest BCUT2D eigenvalue weighted by atomic mass is 79.9. The second kappa shape index (κ2) is 8.62. The summed E-state index contributed by atoms with van der Waals surface area (Å²) >= 11 is 3.34. The van der Waals surface area contributed by atoms with Crippen LogP contribution in [-0.2, 0) is 16.6 Å². The zero-order valence-corrected chi connectivity index (χ0v) is 17.8. The zero-order chi connectivity index (χ0) is 21.0. The number of benzene rings is 3. The predicted molar refractivity (Wildman–Crippen MR) is 114 cm³/mol. The number of hydrogen-bond acceptors (Lipinski definition) is 5. The molecule has 0 saturated heterocycles. The monoisotopic (exact) mass is 476 g/mol. The normalized spacial score (nSPS) is 11.1. The molecule has 9 heteroatoms. The molecule has 7 nitrogen and oxygen atoms in total. The summed E-state index contributed by atoms with van der Waals surface area (Å²) < 4.78 is 34.1. The summed E-state index contributed by atoms with van der Waals surface area (Å²) in [5.74, 6) is 0.603. The first-order chi connectivity index (χ1) is 13.8. The van der Waals surface area contributed by atoms with Gasteiger partial charge in [0.05, 0.1) is 29.2 Å². The molecule has 3 rings (SSSR count). The number of nitrogens with zero attached hydrogens (tertiary/aromatic N) is 2. The fourth-order valence-corrected chi connectivity index (χ4v) is 4.50. The van der Waals surface area contributed by atoms with Crippen LogP contribution in [0.3, 0.4) is 0 Å². The predicted octanol–water partition coefficient (Wildman–Crippen LogP) is 4.76. The van der Waals surface area contributed by atoms with E-state index in [-0.39, 0.29) is 17.1 Å². The number of hydrogen-bond donors (Lipinski definition) is 0. The van der Waals surface area contributed by atoms with E-state index in [9.17, 15) is 18.5 Å². The van der Waals surface area contributed by atoms with Gasteiger partial charge >= 0.3 is 0 Å². The molecule has 0 aliphatic rings. The Bertz CT molecular complexity index is 1130. The van der Waals surface area contributed by atoms with Crippen molar-refractivity contribution in [2.45, 2.75) is 11.4 Å². The maximum atomic E-state index is 13.4. The Balaban J connectivity index is 2.09. The Hall–Kier alpha value is -2.91. The van der Waals surface area contributed by atoms with Gasteiger partial charge in [-0.25, -0.2) is 8.42 Å². The summed E-state index contributed by atoms with van der Waals surface area (Å²) in [6.07, 6.45) is 0. The third kappa shape index (κ3) is 4.75. The summed E-state index contributed by atoms with van der Waals surface area (Å²) in [7, 11) is -2.53. The van der Waals surface area contributed by atoms with Gasteiger partial charge in [0.2, 0.25) is 0 Å². The molecular weight excluding hydrogens is 460 g/mol. The van der Waals surface area contributed by atoms with Gasteiger partial charge in [0, 0.05) is 16.6 Å². The SMILES string of the molecule is COc1cccc(CN(c2ccc(Br)cc2)S(=O)(=O)c2cccc([N+](=O)[O-])c2)c1. The lowest BCUT2D eigenvalue weighted by Crippen LogP contribution is -2.30. The lowest BCUT2D eigenvalue weighted by Gasteiger charge is -2.25. The minimum Gasteiger partial charge on any atom is -0.497 e. The van der Waals surface area contributed by atoms with Crippen molar-refractivity contribution in [1.29, 1.82) is 0 Å². The van der Waals surface area contributed by atoms with E-state index in [1.807, 2.05) is 0 Å². The Kier molecular flexibility index (Phi) is 6.19. The molecule has 0 atom stereocenters. The minimum atomic E-state index is -4.07. The topological polar surface area (TPSA) is 89.8 Å². The summed E-state index contributed by atoms with van der Waals surface area (Å²) in [6, 6.07) is 18.9. The fraction of sp³-hybridized carbons (Fsp3) is 0.100. The fourth-order valence-electron chi connectivity index (χ4n) is 2.74. The third-order valence-corrected chi connectivity index (χ3v) is 6.49. The molecule has 3 aromatic rings. The van der Waals surface area contributed by atoms with Crippen molar-refractivity contribution in [2.24, 2.45) is 0 Å². The molecule has 0 amide bonds. The zero-order valence-electron chi connectivity index (χ0n) is 15.4. The molecule has 0 spiro atoms. The Morgan fingerprint density at radius 2 is 1.72 bits per heavy atom. The van der Waals surface area contributed by atoms with Crippen molar-refractivity contribution in [3.63, 3.8) is 0 Å². The molecule has 0 fully saturated rings. The summed E-state index contributed by atoms with van der Waals surface area (Å²) in [5, 5.41) is 11.1. The van der Waals surface area contributed by atoms with Crippen LogP contribution >= 0.6 is 15.9 Å². The van der Waals surface area contributed by atoms with E-state index >= 15 is 0 Å². The molecule has 0 aromatic heterocycles. The molecule has 0 aliphatic carbocycles. The highest BCUT2D eigenvalue weighted by Gasteiger charge is 2.27. The van der Waals surface area contributed by atoms with E-state index < -0.39 is 14.9 Å². The van der Waals surface area contributed by atoms with Crippen LogP contribution in [0.5, 0.6) is 5.75 Å². The van der Waals surface area contributed by atoms with Crippen LogP contribution in [0.25, 0.3) is 0 Å². The molecule has 0 N–H and O–H groups in total. The largest absolute Gasteiger partial charge is 0.497 e. The number of anilines is 1. The lowest BCUT2D eigenvalue weighted by atomic mass is 10.2. The van der Waals surface area contributed by atoms with E-state index in [1.165, 1.54) is 29.6 Å². The second-order valence-electron chi connectivity index (χ2n) is 6.09. The minimum absolute atomic E-state index is 0.0316. The first kappa shape index (κ1) is 20.8. The van der Waals surface area contributed by atoms with E-state index in [2.05, 4.69) is 15.9 Å². The van der Waals surface area contributed by atoms with E-state index in [4.69, 9.17) is 4.74 Å². The van der Waals surface area contributed by atoms with Crippen molar-refractivity contribution >= 4 is 37.3 Å². The molecule has 0 radical (unpaired) electrons. The van der Waals surface area contributed by atoms with Crippen LogP contribution in [0.2, 0.25) is 0 Å². The van der Waals surface area contributed by atoms with Crippen LogP contribution < -0.4 is 9.04 Å². The van der Waals surface area contributed by atoms with Gasteiger partial charge in [-0.1, -0.05) is 34.1 Å². The van der Waals surface area contributed by atoms with E-state index in [1.54, 1.807) is 48.5 Å². The standard InChI is InChI=1S/C20H17BrN2O5S/c1-28-19-6-2-4-15(12-19)14-22(17-10-8-16(21)9-11-17)29(26,27)20-7-3-5-18(13-20)23(24)25/h2-13H,14H2,1H3. The Labute approximate surface area is 176 Å². The van der Waals surface area contributed by atoms with Crippen molar-refractivity contribution in [2.75, 3.05) is 11.4 Å². The van der Waals surface area contributed by atoms with Crippen LogP contribution in [0.15, 0.2) is 82.2 Å². The number of methoxy groups -OCH3 is 1. The lowest BCUT2D eigenvalue weighted by molar-refractivity contribution is -0.385. The van der Waals surface area contributed by atoms with Gasteiger partial charge in [-0.3, -0.25) is 14.4 Å². The highest BCUT2D eigenvalue weighted by molar-refractivity contribution is 9.10. The summed E-state index contributed by atoms with van der Waals surface area (Å²) in [5.41, 5.74) is 0.854. The number of ether oxygens (including phenoxy) is 1. The van der Waals surface area contributed by atoms with Crippen LogP contribution in [-0.4, -0.2) is 20.5 Å². The van der Waals surface area contributed by atoms with Crippen molar-refractivity contribution in [3.8, 4) is 5.75 Å². The van der Waals surface area contributed by atoms with Gasteiger partial charge in [-0.2, -0.15) is 0 Å². The molecule has 150 valence electrons. The van der Waals surface area contributed by atoms with Crippen molar-refractivity contribution < 1.29 is 18.1 Å². The molecule has 0 heterocycles. The van der Waals surface area contributed by atoms with Gasteiger partial charge in [0.15, 0.2) is 0 Å². The van der Waals surface area contributed by atoms with Gasteiger partial charge in [-0.05, 0) is 48.0 Å². The maximum Gasteiger partial charge on any atom is 0.270 e. The van der Waals surface area contributed by atoms with Crippen LogP contribution in [0.1, 0.15) is 5.56 Å². The average molecular weight is 477 g/mol. The first-order valence-electron chi connectivity index (χ1n) is 8.47. The average Bonchev–Trinajstić information content (AvgIpc) is 2.73. The number of rotatable bonds is 7. The smallest absolute Gasteiger partial charge is 0.270 e. The number of nitro benzene ring substituents is 1. The molecular formula is C20H17BrN2O5S. The van der Waals surface area contributed by atoms with Crippen molar-refractivity contribution in [1.82, 2.24) is 0 Å². The molecule has 29 heavy (non-hydrogen) atoms. The molecule has 0 unspecified atom stereocenters. The van der Waals surface area contributed by atoms with Gasteiger partial charge in [0.25, 0.3) is 15.7 Å². The van der Waals surface area contributed by atoms with Gasteiger partial charge < -0.3 is 4.74 Å². The molecule has 0 aliphatic heterocycles. The summed E-state index contributed by atoms with van der Waals surface area (Å²) in [6.45, 7) is 0.0316. The maximum absolute atomic E-state index is 13.4. The number of sulfonamides is 1. The number of non-ortho nitro benzene ring substituents is 1. The highest BCUT2D eigenvalue weighted by Crippen LogP contribution is 2.29. The number of halogens is 1. The van der Waals surface area contributed by atoms with E-state index in [0.29, 0.717) is 17.0 Å². The molecule has 3 aromatic carbocycles. The first-order valence-corrected chi connectivity index (χ1v) is 10.7. The second-order valence-corrected chi connectivity index (χ2v) is 8.87. The number of nitro groups is 1. The third-order valence-electron chi connectivity index (χ3n) is 4.19. The van der Waals surface area contributed by atoms with Crippen molar-refractivity contribution in [3.05, 3.63) is 92.9 Å². The molecule has 0 bridgehead atoms. The molecule has 0 saturated carbocycles. The quantitative estimate of drug-likeness (QED) is 0.362. The van der Waals surface area contributed by atoms with Gasteiger partial charge in [0.1, 0.15) is 5.75 Å². The summed E-state index contributed by atoms with van der Waals surface area (Å²) in [4.78, 5) is 10.3. The Morgan fingerprint density at radius 3 is 2.38 bits per heavy atom. The van der Waals surface area contributed by atoms with Gasteiger partial charge in [-0.15, -0.1) is 0 Å². The Morgan fingerprint density at radius 1 is 1.03 bits per heavy atom.